The van der Waals surface area contributed by atoms with E-state index in [4.69, 9.17) is 5.10 Å². The quantitative estimate of drug-likeness (QED) is 0.306. The number of benzene rings is 2. The summed E-state index contributed by atoms with van der Waals surface area (Å²) in [6.45, 7) is 13.4. The van der Waals surface area contributed by atoms with E-state index in [1.165, 1.54) is 10.9 Å². The summed E-state index contributed by atoms with van der Waals surface area (Å²) in [7, 11) is -3.56. The van der Waals surface area contributed by atoms with Crippen molar-refractivity contribution in [3.63, 3.8) is 0 Å². The van der Waals surface area contributed by atoms with Crippen molar-refractivity contribution in [1.29, 1.82) is 0 Å². The van der Waals surface area contributed by atoms with Gasteiger partial charge in [-0.3, -0.25) is 9.47 Å². The summed E-state index contributed by atoms with van der Waals surface area (Å²) in [4.78, 5) is 13.1. The van der Waals surface area contributed by atoms with Crippen LogP contribution in [-0.2, 0) is 0 Å². The largest absolute Gasteiger partial charge is 0.374 e. The number of hydrazone groups is 1. The second-order valence-electron chi connectivity index (χ2n) is 9.04. The number of para-hydroxylation sites is 1. The highest BCUT2D eigenvalue weighted by Crippen LogP contribution is 2.24. The zero-order chi connectivity index (χ0) is 20.5. The number of fused-ring (bicyclic) bond motifs is 1. The predicted molar refractivity (Wildman–Crippen MR) is 124 cm³/mol. The molecule has 0 spiro atoms. The van der Waals surface area contributed by atoms with E-state index < -0.39 is 16.5 Å². The minimum Gasteiger partial charge on any atom is -0.374 e. The van der Waals surface area contributed by atoms with Gasteiger partial charge < -0.3 is 4.23 Å². The van der Waals surface area contributed by atoms with Gasteiger partial charge in [-0.2, -0.15) is 5.10 Å². The molecular weight excluding hydrogens is 378 g/mol. The van der Waals surface area contributed by atoms with Crippen molar-refractivity contribution in [2.75, 3.05) is 0 Å². The Kier molecular flexibility index (Phi) is 5.45. The molecule has 2 aromatic carbocycles. The van der Waals surface area contributed by atoms with Crippen LogP contribution < -0.4 is 0 Å². The fourth-order valence-electron chi connectivity index (χ4n) is 3.22. The minimum atomic E-state index is -2.00. The monoisotopic (exact) mass is 407 g/mol. The number of hydrogen-bond acceptors (Lipinski definition) is 2. The highest BCUT2D eigenvalue weighted by atomic mass is 28.3. The molecule has 146 valence electrons. The lowest BCUT2D eigenvalue weighted by Crippen LogP contribution is -2.46. The summed E-state index contributed by atoms with van der Waals surface area (Å²) >= 11 is 0. The van der Waals surface area contributed by atoms with E-state index in [0.717, 1.165) is 5.56 Å². The van der Waals surface area contributed by atoms with E-state index in [1.54, 1.807) is 4.67 Å². The smallest absolute Gasteiger partial charge is 0.265 e. The first kappa shape index (κ1) is 20.3. The Morgan fingerprint density at radius 1 is 0.929 bits per heavy atom. The summed E-state index contributed by atoms with van der Waals surface area (Å²) in [5.74, 6) is -0.0371. The molecule has 0 atom stereocenters. The fraction of sp³-hybridized carbons (Fsp3) is 0.273. The third-order valence-electron chi connectivity index (χ3n) is 4.63. The van der Waals surface area contributed by atoms with Crippen LogP contribution in [0.2, 0.25) is 39.3 Å². The van der Waals surface area contributed by atoms with Gasteiger partial charge in [0.1, 0.15) is 0 Å². The zero-order valence-corrected chi connectivity index (χ0v) is 19.6. The highest BCUT2D eigenvalue weighted by Gasteiger charge is 2.29. The molecule has 0 fully saturated rings. The van der Waals surface area contributed by atoms with Crippen LogP contribution in [0, 0.1) is 0 Å². The van der Waals surface area contributed by atoms with Crippen molar-refractivity contribution < 1.29 is 4.79 Å². The summed E-state index contributed by atoms with van der Waals surface area (Å²) in [6, 6.07) is 17.8. The molecule has 0 saturated heterocycles. The van der Waals surface area contributed by atoms with Gasteiger partial charge in [-0.15, -0.1) is 0 Å². The molecule has 1 aromatic heterocycles. The summed E-state index contributed by atoms with van der Waals surface area (Å²) in [5, 5.41) is 5.89. The van der Waals surface area contributed by atoms with E-state index >= 15 is 0 Å². The van der Waals surface area contributed by atoms with Gasteiger partial charge in [0, 0.05) is 28.2 Å². The number of hydrogen-bond donors (Lipinski definition) is 0. The first-order valence-corrected chi connectivity index (χ1v) is 16.5. The molecule has 0 unspecified atom stereocenters. The maximum atomic E-state index is 13.1. The number of amides is 1. The summed E-state index contributed by atoms with van der Waals surface area (Å²) in [5.41, 5.74) is 2.96. The summed E-state index contributed by atoms with van der Waals surface area (Å²) in [6.07, 6.45) is 4.05. The Balaban J connectivity index is 2.04. The lowest BCUT2D eigenvalue weighted by atomic mass is 10.2. The van der Waals surface area contributed by atoms with Gasteiger partial charge in [0.25, 0.3) is 5.91 Å². The Hall–Kier alpha value is -2.45. The Labute approximate surface area is 169 Å². The molecule has 1 amide bonds. The van der Waals surface area contributed by atoms with Gasteiger partial charge in [0.15, 0.2) is 16.5 Å². The van der Waals surface area contributed by atoms with Crippen molar-refractivity contribution in [3.8, 4) is 0 Å². The molecule has 0 saturated carbocycles. The first-order valence-electron chi connectivity index (χ1n) is 9.63. The molecule has 0 N–H and O–H groups in total. The molecular formula is C22H29N3OSi2. The predicted octanol–water partition coefficient (Wildman–Crippen LogP) is 5.64. The standard InChI is InChI=1S/C22H29N3OSi2/c1-27(2,3)24-17-19(20-14-10-11-15-21(20)24)16-23-25(28(4,5)6)22(26)18-12-8-7-9-13-18/h7-17H,1-6H3/b23-16+. The van der Waals surface area contributed by atoms with Crippen molar-refractivity contribution in [2.45, 2.75) is 39.3 Å². The highest BCUT2D eigenvalue weighted by molar-refractivity contribution is 6.76. The van der Waals surface area contributed by atoms with Gasteiger partial charge in [-0.1, -0.05) is 56.0 Å². The van der Waals surface area contributed by atoms with Crippen LogP contribution in [0.3, 0.4) is 0 Å². The van der Waals surface area contributed by atoms with Gasteiger partial charge in [-0.05, 0) is 37.8 Å². The first-order chi connectivity index (χ1) is 13.1. The van der Waals surface area contributed by atoms with Crippen LogP contribution in [-0.4, -0.2) is 37.5 Å². The van der Waals surface area contributed by atoms with Crippen LogP contribution in [0.5, 0.6) is 0 Å². The summed E-state index contributed by atoms with van der Waals surface area (Å²) < 4.78 is 4.12. The van der Waals surface area contributed by atoms with Crippen LogP contribution in [0.15, 0.2) is 65.9 Å². The molecule has 3 rings (SSSR count). The number of nitrogens with zero attached hydrogens (tertiary/aromatic N) is 3. The van der Waals surface area contributed by atoms with E-state index in [1.807, 2.05) is 36.5 Å². The molecule has 3 aromatic rings. The molecule has 0 aliphatic heterocycles. The third kappa shape index (κ3) is 4.18. The number of aromatic nitrogens is 1. The lowest BCUT2D eigenvalue weighted by Gasteiger charge is -2.29. The average Bonchev–Trinajstić information content (AvgIpc) is 3.01. The zero-order valence-electron chi connectivity index (χ0n) is 17.6. The molecule has 6 heteroatoms. The second-order valence-corrected chi connectivity index (χ2v) is 18.6. The number of carbonyl (C=O) groups excluding carboxylic acids is 1. The minimum absolute atomic E-state index is 0.0371. The third-order valence-corrected chi connectivity index (χ3v) is 8.03. The van der Waals surface area contributed by atoms with Crippen molar-refractivity contribution in [2.24, 2.45) is 5.10 Å². The molecule has 28 heavy (non-hydrogen) atoms. The Bertz CT molecular complexity index is 1010. The molecule has 4 nitrogen and oxygen atoms in total. The molecule has 0 aliphatic rings. The average molecular weight is 408 g/mol. The molecule has 0 aliphatic carbocycles. The second kappa shape index (κ2) is 7.52. The Morgan fingerprint density at radius 3 is 2.14 bits per heavy atom. The van der Waals surface area contributed by atoms with Crippen LogP contribution in [0.25, 0.3) is 10.9 Å². The van der Waals surface area contributed by atoms with Gasteiger partial charge in [0.05, 0.1) is 6.21 Å². The van der Waals surface area contributed by atoms with Crippen molar-refractivity contribution >= 4 is 39.5 Å². The van der Waals surface area contributed by atoms with E-state index in [0.29, 0.717) is 5.56 Å². The number of carbonyl (C=O) groups is 1. The maximum Gasteiger partial charge on any atom is 0.265 e. The topological polar surface area (TPSA) is 37.6 Å². The van der Waals surface area contributed by atoms with Crippen LogP contribution in [0.4, 0.5) is 0 Å². The van der Waals surface area contributed by atoms with Crippen LogP contribution in [0.1, 0.15) is 15.9 Å². The van der Waals surface area contributed by atoms with Crippen molar-refractivity contribution in [1.82, 2.24) is 8.91 Å². The molecule has 1 heterocycles. The normalized spacial score (nSPS) is 12.6. The van der Waals surface area contributed by atoms with Gasteiger partial charge in [-0.25, -0.2) is 0 Å². The van der Waals surface area contributed by atoms with Gasteiger partial charge in [0.2, 0.25) is 0 Å². The fourth-order valence-corrected chi connectivity index (χ4v) is 5.80. The maximum absolute atomic E-state index is 13.1. The molecule has 0 radical (unpaired) electrons. The SMILES string of the molecule is C[Si](C)(C)N(/N=C/c1cn([Si](C)(C)C)c2ccccc12)C(=O)c1ccccc1. The van der Waals surface area contributed by atoms with Gasteiger partial charge >= 0.3 is 0 Å². The number of rotatable bonds is 5. The van der Waals surface area contributed by atoms with Crippen LogP contribution >= 0.6 is 0 Å². The van der Waals surface area contributed by atoms with E-state index in [-0.39, 0.29) is 5.91 Å². The lowest BCUT2D eigenvalue weighted by molar-refractivity contribution is 0.0854. The Morgan fingerprint density at radius 2 is 1.54 bits per heavy atom. The van der Waals surface area contributed by atoms with E-state index in [9.17, 15) is 4.79 Å². The van der Waals surface area contributed by atoms with Crippen molar-refractivity contribution in [3.05, 3.63) is 71.9 Å². The van der Waals surface area contributed by atoms with E-state index in [2.05, 4.69) is 74.0 Å². The molecule has 0 bridgehead atoms.